The van der Waals surface area contributed by atoms with Gasteiger partial charge in [0.05, 0.1) is 5.56 Å². The Kier molecular flexibility index (Phi) is 4.91. The van der Waals surface area contributed by atoms with Crippen LogP contribution in [0.25, 0.3) is 0 Å². The van der Waals surface area contributed by atoms with Crippen molar-refractivity contribution in [3.8, 4) is 0 Å². The van der Waals surface area contributed by atoms with Gasteiger partial charge in [-0.05, 0) is 35.7 Å². The third-order valence-corrected chi connectivity index (χ3v) is 4.94. The van der Waals surface area contributed by atoms with Crippen LogP contribution in [-0.4, -0.2) is 41.9 Å². The molecule has 1 aliphatic rings. The van der Waals surface area contributed by atoms with E-state index in [9.17, 15) is 18.0 Å². The minimum atomic E-state index is -4.38. The quantitative estimate of drug-likeness (QED) is 0.839. The zero-order valence-electron chi connectivity index (χ0n) is 12.9. The SMILES string of the molecule is O=C(c1ccc(C(F)(F)F)cc1)N1CCN(Cc2cccs2)CC1. The molecule has 24 heavy (non-hydrogen) atoms. The fourth-order valence-electron chi connectivity index (χ4n) is 2.72. The lowest BCUT2D eigenvalue weighted by atomic mass is 10.1. The van der Waals surface area contributed by atoms with Gasteiger partial charge < -0.3 is 4.90 Å². The molecule has 1 aromatic heterocycles. The molecular weight excluding hydrogens is 337 g/mol. The van der Waals surface area contributed by atoms with E-state index < -0.39 is 11.7 Å². The van der Waals surface area contributed by atoms with Gasteiger partial charge in [0.1, 0.15) is 0 Å². The van der Waals surface area contributed by atoms with Gasteiger partial charge in [0, 0.05) is 43.2 Å². The summed E-state index contributed by atoms with van der Waals surface area (Å²) in [5, 5.41) is 2.04. The number of hydrogen-bond acceptors (Lipinski definition) is 3. The first-order valence-corrected chi connectivity index (χ1v) is 8.53. The largest absolute Gasteiger partial charge is 0.416 e. The molecule has 1 fully saturated rings. The Labute approximate surface area is 142 Å². The Hall–Kier alpha value is -1.86. The number of carbonyl (C=O) groups is 1. The predicted octanol–water partition coefficient (Wildman–Crippen LogP) is 3.72. The number of carbonyl (C=O) groups excluding carboxylic acids is 1. The molecule has 0 bridgehead atoms. The molecule has 2 heterocycles. The fourth-order valence-corrected chi connectivity index (χ4v) is 3.46. The zero-order chi connectivity index (χ0) is 17.2. The number of nitrogens with zero attached hydrogens (tertiary/aromatic N) is 2. The first-order chi connectivity index (χ1) is 11.4. The van der Waals surface area contributed by atoms with E-state index >= 15 is 0 Å². The van der Waals surface area contributed by atoms with Crippen molar-refractivity contribution in [1.29, 1.82) is 0 Å². The van der Waals surface area contributed by atoms with Crippen LogP contribution >= 0.6 is 11.3 Å². The second-order valence-electron chi connectivity index (χ2n) is 5.72. The second-order valence-corrected chi connectivity index (χ2v) is 6.76. The van der Waals surface area contributed by atoms with Gasteiger partial charge in [-0.3, -0.25) is 9.69 Å². The molecule has 3 rings (SSSR count). The van der Waals surface area contributed by atoms with E-state index in [-0.39, 0.29) is 5.91 Å². The zero-order valence-corrected chi connectivity index (χ0v) is 13.7. The van der Waals surface area contributed by atoms with Gasteiger partial charge in [-0.15, -0.1) is 11.3 Å². The Balaban J connectivity index is 1.57. The van der Waals surface area contributed by atoms with E-state index in [2.05, 4.69) is 11.0 Å². The molecule has 1 saturated heterocycles. The van der Waals surface area contributed by atoms with Gasteiger partial charge >= 0.3 is 6.18 Å². The topological polar surface area (TPSA) is 23.6 Å². The highest BCUT2D eigenvalue weighted by atomic mass is 32.1. The van der Waals surface area contributed by atoms with Gasteiger partial charge in [0.15, 0.2) is 0 Å². The summed E-state index contributed by atoms with van der Waals surface area (Å²) in [6, 6.07) is 8.53. The summed E-state index contributed by atoms with van der Waals surface area (Å²) in [6.07, 6.45) is -4.38. The van der Waals surface area contributed by atoms with E-state index in [4.69, 9.17) is 0 Å². The van der Waals surface area contributed by atoms with Crippen LogP contribution in [0.5, 0.6) is 0 Å². The lowest BCUT2D eigenvalue weighted by Gasteiger charge is -2.34. The predicted molar refractivity (Wildman–Crippen MR) is 86.9 cm³/mol. The molecule has 0 atom stereocenters. The number of halogens is 3. The summed E-state index contributed by atoms with van der Waals surface area (Å²) in [6.45, 7) is 3.59. The van der Waals surface area contributed by atoms with E-state index in [0.29, 0.717) is 18.7 Å². The summed E-state index contributed by atoms with van der Waals surface area (Å²) in [5.74, 6) is -0.209. The Morgan fingerprint density at radius 2 is 1.71 bits per heavy atom. The Morgan fingerprint density at radius 3 is 2.25 bits per heavy atom. The lowest BCUT2D eigenvalue weighted by molar-refractivity contribution is -0.137. The average Bonchev–Trinajstić information content (AvgIpc) is 3.07. The monoisotopic (exact) mass is 354 g/mol. The van der Waals surface area contributed by atoms with Crippen LogP contribution in [-0.2, 0) is 12.7 Å². The summed E-state index contributed by atoms with van der Waals surface area (Å²) in [7, 11) is 0. The van der Waals surface area contributed by atoms with E-state index in [1.807, 2.05) is 11.4 Å². The molecule has 7 heteroatoms. The third kappa shape index (κ3) is 3.96. The van der Waals surface area contributed by atoms with E-state index in [1.54, 1.807) is 16.2 Å². The smallest absolute Gasteiger partial charge is 0.336 e. The molecule has 0 aliphatic carbocycles. The van der Waals surface area contributed by atoms with Gasteiger partial charge in [-0.25, -0.2) is 0 Å². The molecule has 2 aromatic rings. The number of alkyl halides is 3. The first kappa shape index (κ1) is 17.0. The number of piperazine rings is 1. The molecule has 1 aliphatic heterocycles. The lowest BCUT2D eigenvalue weighted by Crippen LogP contribution is -2.48. The molecule has 0 N–H and O–H groups in total. The van der Waals surface area contributed by atoms with Crippen LogP contribution in [0, 0.1) is 0 Å². The fraction of sp³-hybridized carbons (Fsp3) is 0.353. The maximum atomic E-state index is 12.6. The van der Waals surface area contributed by atoms with Gasteiger partial charge in [0.2, 0.25) is 0 Å². The van der Waals surface area contributed by atoms with Crippen LogP contribution in [0.1, 0.15) is 20.8 Å². The van der Waals surface area contributed by atoms with E-state index in [0.717, 1.165) is 31.8 Å². The first-order valence-electron chi connectivity index (χ1n) is 7.65. The molecule has 128 valence electrons. The maximum absolute atomic E-state index is 12.6. The molecular formula is C17H17F3N2OS. The summed E-state index contributed by atoms with van der Waals surface area (Å²) < 4.78 is 37.7. The van der Waals surface area contributed by atoms with Crippen molar-refractivity contribution in [2.24, 2.45) is 0 Å². The molecule has 0 radical (unpaired) electrons. The van der Waals surface area contributed by atoms with E-state index in [1.165, 1.54) is 17.0 Å². The molecule has 3 nitrogen and oxygen atoms in total. The van der Waals surface area contributed by atoms with Crippen LogP contribution in [0.2, 0.25) is 0 Å². The van der Waals surface area contributed by atoms with Crippen LogP contribution in [0.4, 0.5) is 13.2 Å². The van der Waals surface area contributed by atoms with Crippen LogP contribution < -0.4 is 0 Å². The standard InChI is InChI=1S/C17H17F3N2OS/c18-17(19,20)14-5-3-13(4-6-14)16(23)22-9-7-21(8-10-22)12-15-2-1-11-24-15/h1-6,11H,7-10,12H2. The van der Waals surface area contributed by atoms with Gasteiger partial charge in [-0.1, -0.05) is 6.07 Å². The summed E-state index contributed by atoms with van der Waals surface area (Å²) in [5.41, 5.74) is -0.436. The molecule has 0 spiro atoms. The summed E-state index contributed by atoms with van der Waals surface area (Å²) >= 11 is 1.71. The van der Waals surface area contributed by atoms with Crippen molar-refractivity contribution in [1.82, 2.24) is 9.80 Å². The highest BCUT2D eigenvalue weighted by molar-refractivity contribution is 7.09. The third-order valence-electron chi connectivity index (χ3n) is 4.08. The Bertz CT molecular complexity index is 675. The second kappa shape index (κ2) is 6.94. The molecule has 0 unspecified atom stereocenters. The highest BCUT2D eigenvalue weighted by Crippen LogP contribution is 2.29. The van der Waals surface area contributed by atoms with Gasteiger partial charge in [-0.2, -0.15) is 13.2 Å². The Morgan fingerprint density at radius 1 is 1.04 bits per heavy atom. The number of thiophene rings is 1. The highest BCUT2D eigenvalue weighted by Gasteiger charge is 2.30. The van der Waals surface area contributed by atoms with Crippen molar-refractivity contribution < 1.29 is 18.0 Å². The number of amides is 1. The van der Waals surface area contributed by atoms with Crippen molar-refractivity contribution in [3.05, 3.63) is 57.8 Å². The minimum Gasteiger partial charge on any atom is -0.336 e. The number of benzene rings is 1. The number of rotatable bonds is 3. The van der Waals surface area contributed by atoms with Crippen molar-refractivity contribution in [2.45, 2.75) is 12.7 Å². The maximum Gasteiger partial charge on any atom is 0.416 e. The molecule has 1 amide bonds. The van der Waals surface area contributed by atoms with Crippen LogP contribution in [0.3, 0.4) is 0 Å². The normalized spacial score (nSPS) is 16.4. The van der Waals surface area contributed by atoms with Gasteiger partial charge in [0.25, 0.3) is 5.91 Å². The average molecular weight is 354 g/mol. The minimum absolute atomic E-state index is 0.209. The van der Waals surface area contributed by atoms with Crippen molar-refractivity contribution in [2.75, 3.05) is 26.2 Å². The molecule has 1 aromatic carbocycles. The number of hydrogen-bond donors (Lipinski definition) is 0. The van der Waals surface area contributed by atoms with Crippen molar-refractivity contribution in [3.63, 3.8) is 0 Å². The van der Waals surface area contributed by atoms with Crippen molar-refractivity contribution >= 4 is 17.2 Å². The summed E-state index contributed by atoms with van der Waals surface area (Å²) in [4.78, 5) is 17.7. The molecule has 0 saturated carbocycles. The van der Waals surface area contributed by atoms with Crippen LogP contribution in [0.15, 0.2) is 41.8 Å².